The number of nitro benzene ring substituents is 1. The average Bonchev–Trinajstić information content (AvgIpc) is 3.22. The molecule has 1 heterocycles. The van der Waals surface area contributed by atoms with Gasteiger partial charge in [-0.05, 0) is 60.0 Å². The van der Waals surface area contributed by atoms with Gasteiger partial charge in [-0.25, -0.2) is 4.98 Å². The highest BCUT2D eigenvalue weighted by Crippen LogP contribution is 2.27. The van der Waals surface area contributed by atoms with E-state index in [-0.39, 0.29) is 18.2 Å². The van der Waals surface area contributed by atoms with E-state index in [1.807, 2.05) is 30.3 Å². The maximum atomic E-state index is 12.1. The quantitative estimate of drug-likeness (QED) is 0.304. The van der Waals surface area contributed by atoms with Crippen molar-refractivity contribution in [2.75, 3.05) is 11.9 Å². The first-order valence-electron chi connectivity index (χ1n) is 10.1. The van der Waals surface area contributed by atoms with E-state index in [0.717, 1.165) is 16.7 Å². The summed E-state index contributed by atoms with van der Waals surface area (Å²) in [7, 11) is 0. The Morgan fingerprint density at radius 1 is 1.09 bits per heavy atom. The number of rotatable bonds is 7. The van der Waals surface area contributed by atoms with E-state index in [1.54, 1.807) is 12.1 Å². The number of carbonyl (C=O) groups excluding carboxylic acids is 1. The van der Waals surface area contributed by atoms with Gasteiger partial charge in [0, 0.05) is 23.4 Å². The van der Waals surface area contributed by atoms with Crippen LogP contribution in [0.4, 0.5) is 11.4 Å². The van der Waals surface area contributed by atoms with Crippen molar-refractivity contribution in [1.29, 1.82) is 0 Å². The molecule has 1 N–H and O–H groups in total. The zero-order valence-electron chi connectivity index (χ0n) is 17.6. The molecule has 3 aromatic carbocycles. The Bertz CT molecular complexity index is 1260. The summed E-state index contributed by atoms with van der Waals surface area (Å²) in [5.41, 5.74) is 4.10. The van der Waals surface area contributed by atoms with Crippen LogP contribution in [0, 0.1) is 10.1 Å². The maximum Gasteiger partial charge on any atom is 0.269 e. The van der Waals surface area contributed by atoms with Crippen LogP contribution in [0.5, 0.6) is 5.75 Å². The number of oxazole rings is 1. The molecule has 0 fully saturated rings. The predicted octanol–water partition coefficient (Wildman–Crippen LogP) is 5.54. The standard InChI is InChI=1S/C24H21N3O5/c1-15(2)17-5-12-22-21(13-17)26-24(32-22)16-3-6-18(7-4-16)25-23(28)14-31-20-10-8-19(9-11-20)27(29)30/h3-13,15H,14H2,1-2H3,(H,25,28). The molecule has 0 atom stereocenters. The number of fused-ring (bicyclic) bond motifs is 1. The van der Waals surface area contributed by atoms with Crippen LogP contribution in [0.2, 0.25) is 0 Å². The lowest BCUT2D eigenvalue weighted by atomic mass is 10.0. The zero-order chi connectivity index (χ0) is 22.7. The fraction of sp³-hybridized carbons (Fsp3) is 0.167. The first-order chi connectivity index (χ1) is 15.4. The summed E-state index contributed by atoms with van der Waals surface area (Å²) in [6, 6.07) is 18.7. The normalized spacial score (nSPS) is 11.0. The van der Waals surface area contributed by atoms with Crippen LogP contribution in [-0.4, -0.2) is 22.4 Å². The Hall–Kier alpha value is -4.20. The topological polar surface area (TPSA) is 108 Å². The van der Waals surface area contributed by atoms with Crippen LogP contribution in [0.1, 0.15) is 25.3 Å². The van der Waals surface area contributed by atoms with Crippen molar-refractivity contribution < 1.29 is 18.9 Å². The van der Waals surface area contributed by atoms with Crippen LogP contribution in [0.25, 0.3) is 22.6 Å². The molecule has 8 heteroatoms. The highest BCUT2D eigenvalue weighted by molar-refractivity contribution is 5.92. The van der Waals surface area contributed by atoms with E-state index >= 15 is 0 Å². The predicted molar refractivity (Wildman–Crippen MR) is 121 cm³/mol. The molecule has 0 aliphatic heterocycles. The Morgan fingerprint density at radius 2 is 1.81 bits per heavy atom. The number of benzene rings is 3. The largest absolute Gasteiger partial charge is 0.484 e. The van der Waals surface area contributed by atoms with E-state index in [1.165, 1.54) is 29.8 Å². The van der Waals surface area contributed by atoms with Crippen molar-refractivity contribution in [1.82, 2.24) is 4.98 Å². The van der Waals surface area contributed by atoms with Crippen molar-refractivity contribution in [2.45, 2.75) is 19.8 Å². The second-order valence-corrected chi connectivity index (χ2v) is 7.57. The van der Waals surface area contributed by atoms with E-state index in [2.05, 4.69) is 24.1 Å². The molecule has 1 amide bonds. The second-order valence-electron chi connectivity index (χ2n) is 7.57. The van der Waals surface area contributed by atoms with Crippen molar-refractivity contribution in [3.8, 4) is 17.2 Å². The number of nitro groups is 1. The molecule has 162 valence electrons. The van der Waals surface area contributed by atoms with Gasteiger partial charge in [-0.1, -0.05) is 19.9 Å². The summed E-state index contributed by atoms with van der Waals surface area (Å²) >= 11 is 0. The summed E-state index contributed by atoms with van der Waals surface area (Å²) in [6.07, 6.45) is 0. The smallest absolute Gasteiger partial charge is 0.269 e. The third-order valence-corrected chi connectivity index (χ3v) is 4.91. The molecule has 4 aromatic rings. The highest BCUT2D eigenvalue weighted by Gasteiger charge is 2.11. The second kappa shape index (κ2) is 8.89. The molecule has 0 radical (unpaired) electrons. The summed E-state index contributed by atoms with van der Waals surface area (Å²) in [4.78, 5) is 26.9. The molecule has 0 aliphatic rings. The van der Waals surface area contributed by atoms with Gasteiger partial charge in [0.1, 0.15) is 11.3 Å². The van der Waals surface area contributed by atoms with Crippen LogP contribution >= 0.6 is 0 Å². The van der Waals surface area contributed by atoms with Gasteiger partial charge in [0.15, 0.2) is 12.2 Å². The number of nitrogens with zero attached hydrogens (tertiary/aromatic N) is 2. The molecule has 0 aliphatic carbocycles. The zero-order valence-corrected chi connectivity index (χ0v) is 17.6. The lowest BCUT2D eigenvalue weighted by Gasteiger charge is -2.07. The highest BCUT2D eigenvalue weighted by atomic mass is 16.6. The monoisotopic (exact) mass is 431 g/mol. The Labute approximate surface area is 184 Å². The van der Waals surface area contributed by atoms with Gasteiger partial charge in [0.05, 0.1) is 4.92 Å². The Kier molecular flexibility index (Phi) is 5.85. The van der Waals surface area contributed by atoms with Crippen LogP contribution in [-0.2, 0) is 4.79 Å². The minimum absolute atomic E-state index is 0.0406. The first kappa shape index (κ1) is 21.0. The van der Waals surface area contributed by atoms with Crippen molar-refractivity contribution in [3.05, 3.63) is 82.4 Å². The Balaban J connectivity index is 1.37. The van der Waals surface area contributed by atoms with Gasteiger partial charge < -0.3 is 14.5 Å². The third-order valence-electron chi connectivity index (χ3n) is 4.91. The number of carbonyl (C=O) groups is 1. The minimum Gasteiger partial charge on any atom is -0.484 e. The Morgan fingerprint density at radius 3 is 2.47 bits per heavy atom. The first-order valence-corrected chi connectivity index (χ1v) is 10.1. The van der Waals surface area contributed by atoms with E-state index in [9.17, 15) is 14.9 Å². The lowest BCUT2D eigenvalue weighted by molar-refractivity contribution is -0.384. The van der Waals surface area contributed by atoms with Gasteiger partial charge in [-0.3, -0.25) is 14.9 Å². The molecule has 1 aromatic heterocycles. The van der Waals surface area contributed by atoms with E-state index in [0.29, 0.717) is 23.2 Å². The van der Waals surface area contributed by atoms with E-state index in [4.69, 9.17) is 9.15 Å². The summed E-state index contributed by atoms with van der Waals surface area (Å²) in [6.45, 7) is 4.04. The number of non-ortho nitro benzene ring substituents is 1. The van der Waals surface area contributed by atoms with Crippen molar-refractivity contribution in [2.24, 2.45) is 0 Å². The number of nitrogens with one attached hydrogen (secondary N) is 1. The molecule has 8 nitrogen and oxygen atoms in total. The van der Waals surface area contributed by atoms with Crippen molar-refractivity contribution in [3.63, 3.8) is 0 Å². The molecule has 0 bridgehead atoms. The van der Waals surface area contributed by atoms with Gasteiger partial charge >= 0.3 is 0 Å². The molecular formula is C24H21N3O5. The number of aromatic nitrogens is 1. The van der Waals surface area contributed by atoms with Gasteiger partial charge in [0.25, 0.3) is 11.6 Å². The maximum absolute atomic E-state index is 12.1. The molecule has 0 saturated heterocycles. The van der Waals surface area contributed by atoms with Gasteiger partial charge in [0.2, 0.25) is 5.89 Å². The SMILES string of the molecule is CC(C)c1ccc2oc(-c3ccc(NC(=O)COc4ccc([N+](=O)[O-])cc4)cc3)nc2c1. The van der Waals surface area contributed by atoms with Crippen LogP contribution < -0.4 is 10.1 Å². The molecular weight excluding hydrogens is 410 g/mol. The van der Waals surface area contributed by atoms with Crippen molar-refractivity contribution >= 4 is 28.4 Å². The number of hydrogen-bond donors (Lipinski definition) is 1. The fourth-order valence-electron chi connectivity index (χ4n) is 3.13. The number of ether oxygens (including phenoxy) is 1. The summed E-state index contributed by atoms with van der Waals surface area (Å²) in [5.74, 6) is 0.948. The number of hydrogen-bond acceptors (Lipinski definition) is 6. The number of anilines is 1. The van der Waals surface area contributed by atoms with Gasteiger partial charge in [-0.2, -0.15) is 0 Å². The third kappa shape index (κ3) is 4.75. The lowest BCUT2D eigenvalue weighted by Crippen LogP contribution is -2.20. The molecule has 0 saturated carbocycles. The number of amides is 1. The molecule has 32 heavy (non-hydrogen) atoms. The molecule has 0 spiro atoms. The van der Waals surface area contributed by atoms with E-state index < -0.39 is 4.92 Å². The molecule has 0 unspecified atom stereocenters. The fourth-order valence-corrected chi connectivity index (χ4v) is 3.13. The van der Waals surface area contributed by atoms with Crippen LogP contribution in [0.15, 0.2) is 71.1 Å². The minimum atomic E-state index is -0.496. The average molecular weight is 431 g/mol. The van der Waals surface area contributed by atoms with Gasteiger partial charge in [-0.15, -0.1) is 0 Å². The summed E-state index contributed by atoms with van der Waals surface area (Å²) in [5, 5.41) is 13.4. The summed E-state index contributed by atoms with van der Waals surface area (Å²) < 4.78 is 11.2. The van der Waals surface area contributed by atoms with Crippen LogP contribution in [0.3, 0.4) is 0 Å². The molecule has 4 rings (SSSR count).